The van der Waals surface area contributed by atoms with Gasteiger partial charge in [-0.1, -0.05) is 18.2 Å². The lowest BCUT2D eigenvalue weighted by atomic mass is 10.1. The average Bonchev–Trinajstić information content (AvgIpc) is 3.37. The number of nitriles is 1. The molecule has 0 aliphatic rings. The number of anilines is 1. The SMILES string of the molecule is N#CC(=Cc1cccs1)C(=O)Nc1cccc2c(-c3ccncc3)c[nH]c12. The van der Waals surface area contributed by atoms with Crippen molar-refractivity contribution >= 4 is 39.9 Å². The van der Waals surface area contributed by atoms with E-state index in [0.717, 1.165) is 26.9 Å². The van der Waals surface area contributed by atoms with Gasteiger partial charge in [0.05, 0.1) is 11.2 Å². The van der Waals surface area contributed by atoms with Crippen molar-refractivity contribution < 1.29 is 4.79 Å². The molecule has 3 aromatic heterocycles. The van der Waals surface area contributed by atoms with Gasteiger partial charge < -0.3 is 10.3 Å². The molecule has 1 amide bonds. The normalized spacial score (nSPS) is 11.3. The predicted octanol–water partition coefficient (Wildman–Crippen LogP) is 4.84. The van der Waals surface area contributed by atoms with Gasteiger partial charge in [0.25, 0.3) is 5.91 Å². The van der Waals surface area contributed by atoms with Gasteiger partial charge in [0, 0.05) is 34.4 Å². The second kappa shape index (κ2) is 7.28. The molecule has 0 radical (unpaired) electrons. The van der Waals surface area contributed by atoms with E-state index in [-0.39, 0.29) is 5.57 Å². The van der Waals surface area contributed by atoms with Gasteiger partial charge in [0.15, 0.2) is 0 Å². The first-order valence-corrected chi connectivity index (χ1v) is 9.11. The van der Waals surface area contributed by atoms with Crippen LogP contribution in [0.25, 0.3) is 28.1 Å². The van der Waals surface area contributed by atoms with E-state index in [2.05, 4.69) is 15.3 Å². The highest BCUT2D eigenvalue weighted by Gasteiger charge is 2.14. The summed E-state index contributed by atoms with van der Waals surface area (Å²) in [6.45, 7) is 0. The average molecular weight is 370 g/mol. The summed E-state index contributed by atoms with van der Waals surface area (Å²) >= 11 is 1.48. The van der Waals surface area contributed by atoms with E-state index in [0.29, 0.717) is 5.69 Å². The topological polar surface area (TPSA) is 81.6 Å². The third-order valence-electron chi connectivity index (χ3n) is 4.15. The summed E-state index contributed by atoms with van der Waals surface area (Å²) < 4.78 is 0. The molecule has 0 unspecified atom stereocenters. The molecule has 4 aromatic rings. The lowest BCUT2D eigenvalue weighted by Crippen LogP contribution is -2.13. The molecule has 27 heavy (non-hydrogen) atoms. The maximum absolute atomic E-state index is 12.6. The Morgan fingerprint density at radius 1 is 1.19 bits per heavy atom. The van der Waals surface area contributed by atoms with Crippen LogP contribution in [-0.4, -0.2) is 15.9 Å². The van der Waals surface area contributed by atoms with Gasteiger partial charge in [-0.15, -0.1) is 11.3 Å². The van der Waals surface area contributed by atoms with Crippen molar-refractivity contribution in [1.29, 1.82) is 5.26 Å². The van der Waals surface area contributed by atoms with Crippen molar-refractivity contribution in [3.05, 3.63) is 76.9 Å². The molecule has 0 saturated carbocycles. The molecule has 0 saturated heterocycles. The number of H-pyrrole nitrogens is 1. The molecule has 2 N–H and O–H groups in total. The molecule has 0 fully saturated rings. The smallest absolute Gasteiger partial charge is 0.266 e. The molecule has 3 heterocycles. The number of thiophene rings is 1. The lowest BCUT2D eigenvalue weighted by molar-refractivity contribution is -0.112. The van der Waals surface area contributed by atoms with Gasteiger partial charge >= 0.3 is 0 Å². The molecule has 1 aromatic carbocycles. The van der Waals surface area contributed by atoms with Crippen molar-refractivity contribution in [2.24, 2.45) is 0 Å². The highest BCUT2D eigenvalue weighted by Crippen LogP contribution is 2.32. The van der Waals surface area contributed by atoms with Crippen LogP contribution < -0.4 is 5.32 Å². The van der Waals surface area contributed by atoms with Crippen LogP contribution in [0.4, 0.5) is 5.69 Å². The monoisotopic (exact) mass is 370 g/mol. The van der Waals surface area contributed by atoms with Crippen molar-refractivity contribution in [2.75, 3.05) is 5.32 Å². The number of aromatic amines is 1. The third kappa shape index (κ3) is 3.36. The Morgan fingerprint density at radius 2 is 2.04 bits per heavy atom. The molecule has 0 aliphatic carbocycles. The number of benzene rings is 1. The van der Waals surface area contributed by atoms with Crippen molar-refractivity contribution in [3.63, 3.8) is 0 Å². The number of amides is 1. The number of aromatic nitrogens is 2. The second-order valence-electron chi connectivity index (χ2n) is 5.81. The molecular formula is C21H14N4OS. The van der Waals surface area contributed by atoms with Gasteiger partial charge in [-0.3, -0.25) is 9.78 Å². The van der Waals surface area contributed by atoms with Crippen LogP contribution in [0.1, 0.15) is 4.88 Å². The van der Waals surface area contributed by atoms with Gasteiger partial charge in [-0.2, -0.15) is 5.26 Å². The maximum atomic E-state index is 12.6. The first-order valence-electron chi connectivity index (χ1n) is 8.23. The van der Waals surface area contributed by atoms with E-state index in [1.165, 1.54) is 11.3 Å². The van der Waals surface area contributed by atoms with Crippen LogP contribution in [0.15, 0.2) is 72.0 Å². The van der Waals surface area contributed by atoms with Crippen molar-refractivity contribution in [1.82, 2.24) is 9.97 Å². The Hall–Kier alpha value is -3.69. The maximum Gasteiger partial charge on any atom is 0.266 e. The summed E-state index contributed by atoms with van der Waals surface area (Å²) in [5.41, 5.74) is 3.57. The largest absolute Gasteiger partial charge is 0.359 e. The zero-order chi connectivity index (χ0) is 18.6. The summed E-state index contributed by atoms with van der Waals surface area (Å²) in [6, 6.07) is 15.3. The predicted molar refractivity (Wildman–Crippen MR) is 108 cm³/mol. The molecule has 0 spiro atoms. The second-order valence-corrected chi connectivity index (χ2v) is 6.79. The highest BCUT2D eigenvalue weighted by molar-refractivity contribution is 7.10. The quantitative estimate of drug-likeness (QED) is 0.398. The molecule has 130 valence electrons. The highest BCUT2D eigenvalue weighted by atomic mass is 32.1. The van der Waals surface area contributed by atoms with E-state index in [4.69, 9.17) is 0 Å². The van der Waals surface area contributed by atoms with Crippen LogP contribution >= 0.6 is 11.3 Å². The minimum atomic E-state index is -0.432. The number of hydrogen-bond donors (Lipinski definition) is 2. The van der Waals surface area contributed by atoms with Crippen LogP contribution in [-0.2, 0) is 4.79 Å². The Kier molecular flexibility index (Phi) is 4.52. The van der Waals surface area contributed by atoms with Gasteiger partial charge in [-0.05, 0) is 41.3 Å². The summed E-state index contributed by atoms with van der Waals surface area (Å²) in [5.74, 6) is -0.432. The molecule has 4 rings (SSSR count). The number of hydrogen-bond acceptors (Lipinski definition) is 4. The fourth-order valence-electron chi connectivity index (χ4n) is 2.88. The number of carbonyl (C=O) groups is 1. The first-order chi connectivity index (χ1) is 13.3. The number of pyridine rings is 1. The van der Waals surface area contributed by atoms with E-state index >= 15 is 0 Å². The number of para-hydroxylation sites is 1. The summed E-state index contributed by atoms with van der Waals surface area (Å²) in [7, 11) is 0. The van der Waals surface area contributed by atoms with E-state index in [9.17, 15) is 10.1 Å². The number of carbonyl (C=O) groups excluding carboxylic acids is 1. The molecular weight excluding hydrogens is 356 g/mol. The lowest BCUT2D eigenvalue weighted by Gasteiger charge is -2.06. The van der Waals surface area contributed by atoms with Gasteiger partial charge in [0.2, 0.25) is 0 Å². The van der Waals surface area contributed by atoms with Crippen molar-refractivity contribution in [2.45, 2.75) is 0 Å². The number of nitrogens with zero attached hydrogens (tertiary/aromatic N) is 2. The molecule has 0 bridgehead atoms. The number of fused-ring (bicyclic) bond motifs is 1. The Morgan fingerprint density at radius 3 is 2.78 bits per heavy atom. The van der Waals surface area contributed by atoms with Crippen LogP contribution in [0.5, 0.6) is 0 Å². The van der Waals surface area contributed by atoms with Crippen LogP contribution in [0.3, 0.4) is 0 Å². The molecule has 0 atom stereocenters. The van der Waals surface area contributed by atoms with Crippen LogP contribution in [0, 0.1) is 11.3 Å². The van der Waals surface area contributed by atoms with Crippen molar-refractivity contribution in [3.8, 4) is 17.2 Å². The molecule has 0 aliphatic heterocycles. The minimum Gasteiger partial charge on any atom is -0.359 e. The Balaban J connectivity index is 1.68. The standard InChI is InChI=1S/C21H14N4OS/c22-12-15(11-16-3-2-10-27-16)21(26)25-19-5-1-4-17-18(13-24-20(17)19)14-6-8-23-9-7-14/h1-11,13,24H,(H,25,26). The molecule has 5 nitrogen and oxygen atoms in total. The fraction of sp³-hybridized carbons (Fsp3) is 0. The van der Waals surface area contributed by atoms with E-state index in [1.807, 2.05) is 60.1 Å². The fourth-order valence-corrected chi connectivity index (χ4v) is 3.54. The molecule has 6 heteroatoms. The van der Waals surface area contributed by atoms with Gasteiger partial charge in [0.1, 0.15) is 11.6 Å². The summed E-state index contributed by atoms with van der Waals surface area (Å²) in [5, 5.41) is 15.1. The Labute approximate surface area is 159 Å². The number of nitrogens with one attached hydrogen (secondary N) is 2. The summed E-state index contributed by atoms with van der Waals surface area (Å²) in [6.07, 6.45) is 6.99. The first kappa shape index (κ1) is 16.8. The van der Waals surface area contributed by atoms with E-state index in [1.54, 1.807) is 18.5 Å². The van der Waals surface area contributed by atoms with Crippen LogP contribution in [0.2, 0.25) is 0 Å². The number of rotatable bonds is 4. The third-order valence-corrected chi connectivity index (χ3v) is 4.97. The zero-order valence-corrected chi connectivity index (χ0v) is 15.0. The Bertz CT molecular complexity index is 1170. The van der Waals surface area contributed by atoms with Gasteiger partial charge in [-0.25, -0.2) is 0 Å². The summed E-state index contributed by atoms with van der Waals surface area (Å²) in [4.78, 5) is 20.7. The van der Waals surface area contributed by atoms with E-state index < -0.39 is 5.91 Å². The minimum absolute atomic E-state index is 0.0652. The zero-order valence-electron chi connectivity index (χ0n) is 14.1.